The van der Waals surface area contributed by atoms with Gasteiger partial charge in [0, 0.05) is 14.1 Å². The molecule has 0 bridgehead atoms. The second kappa shape index (κ2) is 4.75. The molecule has 6 heteroatoms. The second-order valence-electron chi connectivity index (χ2n) is 4.45. The lowest BCUT2D eigenvalue weighted by Gasteiger charge is -2.16. The Morgan fingerprint density at radius 3 is 2.89 bits per heavy atom. The highest BCUT2D eigenvalue weighted by atomic mass is 16.2. The summed E-state index contributed by atoms with van der Waals surface area (Å²) in [6.07, 6.45) is 0. The van der Waals surface area contributed by atoms with E-state index >= 15 is 0 Å². The van der Waals surface area contributed by atoms with E-state index in [0.717, 1.165) is 22.4 Å². The van der Waals surface area contributed by atoms with Crippen LogP contribution in [-0.4, -0.2) is 35.0 Å². The predicted octanol–water partition coefficient (Wildman–Crippen LogP) is 0.464. The Hall–Kier alpha value is -1.92. The van der Waals surface area contributed by atoms with E-state index in [2.05, 4.69) is 15.4 Å². The van der Waals surface area contributed by atoms with Crippen molar-refractivity contribution in [3.8, 4) is 0 Å². The van der Waals surface area contributed by atoms with Crippen LogP contribution in [-0.2, 0) is 4.79 Å². The van der Waals surface area contributed by atoms with Crippen molar-refractivity contribution in [1.82, 2.24) is 20.4 Å². The molecule has 4 N–H and O–H groups in total. The Bertz CT molecular complexity index is 575. The smallest absolute Gasteiger partial charge is 0.255 e. The number of hydrazine groups is 1. The van der Waals surface area contributed by atoms with Gasteiger partial charge in [-0.05, 0) is 24.6 Å². The standard InChI is InChI=1S/C12H17N5O/c1-7-14-9-5-4-8(6-10(9)15-7)11(13)12(18)16-17(2)3/h4-6,11H,13H2,1-3H3,(H,14,15)(H,16,18). The van der Waals surface area contributed by atoms with Crippen molar-refractivity contribution in [3.05, 3.63) is 29.6 Å². The van der Waals surface area contributed by atoms with Gasteiger partial charge < -0.3 is 10.7 Å². The number of aromatic amines is 1. The van der Waals surface area contributed by atoms with Crippen LogP contribution in [0.1, 0.15) is 17.4 Å². The van der Waals surface area contributed by atoms with E-state index in [1.807, 2.05) is 25.1 Å². The number of amides is 1. The molecular weight excluding hydrogens is 230 g/mol. The second-order valence-corrected chi connectivity index (χ2v) is 4.45. The Morgan fingerprint density at radius 1 is 1.50 bits per heavy atom. The van der Waals surface area contributed by atoms with Gasteiger partial charge in [0.2, 0.25) is 0 Å². The van der Waals surface area contributed by atoms with Gasteiger partial charge in [0.05, 0.1) is 11.0 Å². The molecule has 0 fully saturated rings. The number of H-pyrrole nitrogens is 1. The third-order valence-electron chi connectivity index (χ3n) is 2.60. The van der Waals surface area contributed by atoms with Crippen molar-refractivity contribution in [1.29, 1.82) is 0 Å². The first-order valence-electron chi connectivity index (χ1n) is 5.67. The van der Waals surface area contributed by atoms with E-state index in [1.54, 1.807) is 19.1 Å². The number of aromatic nitrogens is 2. The number of hydrogen-bond donors (Lipinski definition) is 3. The fourth-order valence-electron chi connectivity index (χ4n) is 1.79. The molecule has 1 unspecified atom stereocenters. The first kappa shape index (κ1) is 12.5. The molecule has 1 aromatic carbocycles. The van der Waals surface area contributed by atoms with E-state index in [9.17, 15) is 4.79 Å². The quantitative estimate of drug-likeness (QED) is 0.688. The highest BCUT2D eigenvalue weighted by Crippen LogP contribution is 2.17. The van der Waals surface area contributed by atoms with Crippen LogP contribution in [0.2, 0.25) is 0 Å². The Kier molecular flexibility index (Phi) is 3.31. The molecule has 0 saturated carbocycles. The van der Waals surface area contributed by atoms with Crippen LogP contribution in [0.3, 0.4) is 0 Å². The molecule has 0 saturated heterocycles. The summed E-state index contributed by atoms with van der Waals surface area (Å²) in [7, 11) is 3.48. The van der Waals surface area contributed by atoms with Gasteiger partial charge in [0.25, 0.3) is 5.91 Å². The van der Waals surface area contributed by atoms with Crippen LogP contribution in [0.4, 0.5) is 0 Å². The molecule has 0 aliphatic heterocycles. The zero-order valence-corrected chi connectivity index (χ0v) is 10.7. The minimum absolute atomic E-state index is 0.240. The highest BCUT2D eigenvalue weighted by molar-refractivity contribution is 5.84. The minimum Gasteiger partial charge on any atom is -0.342 e. The maximum absolute atomic E-state index is 11.8. The van der Waals surface area contributed by atoms with Crippen LogP contribution in [0.5, 0.6) is 0 Å². The van der Waals surface area contributed by atoms with Crippen LogP contribution in [0.25, 0.3) is 11.0 Å². The third kappa shape index (κ3) is 2.49. The molecule has 0 spiro atoms. The average molecular weight is 247 g/mol. The molecule has 0 aliphatic carbocycles. The summed E-state index contributed by atoms with van der Waals surface area (Å²) in [4.78, 5) is 19.2. The minimum atomic E-state index is -0.694. The number of nitrogens with one attached hydrogen (secondary N) is 2. The monoisotopic (exact) mass is 247 g/mol. The maximum atomic E-state index is 11.8. The van der Waals surface area contributed by atoms with Gasteiger partial charge in [-0.25, -0.2) is 9.99 Å². The molecule has 1 aromatic heterocycles. The molecule has 0 radical (unpaired) electrons. The first-order valence-corrected chi connectivity index (χ1v) is 5.67. The summed E-state index contributed by atoms with van der Waals surface area (Å²) in [5.41, 5.74) is 11.1. The van der Waals surface area contributed by atoms with Gasteiger partial charge >= 0.3 is 0 Å². The summed E-state index contributed by atoms with van der Waals surface area (Å²) >= 11 is 0. The summed E-state index contributed by atoms with van der Waals surface area (Å²) in [5.74, 6) is 0.601. The fourth-order valence-corrected chi connectivity index (χ4v) is 1.79. The summed E-state index contributed by atoms with van der Waals surface area (Å²) in [6.45, 7) is 1.89. The lowest BCUT2D eigenvalue weighted by Crippen LogP contribution is -2.41. The van der Waals surface area contributed by atoms with E-state index in [-0.39, 0.29) is 5.91 Å². The normalized spacial score (nSPS) is 12.9. The number of aryl methyl sites for hydroxylation is 1. The molecule has 18 heavy (non-hydrogen) atoms. The van der Waals surface area contributed by atoms with Crippen molar-refractivity contribution in [2.75, 3.05) is 14.1 Å². The Balaban J connectivity index is 2.27. The van der Waals surface area contributed by atoms with Crippen LogP contribution < -0.4 is 11.2 Å². The van der Waals surface area contributed by atoms with E-state index in [4.69, 9.17) is 5.73 Å². The Morgan fingerprint density at radius 2 is 2.22 bits per heavy atom. The zero-order valence-electron chi connectivity index (χ0n) is 10.7. The van der Waals surface area contributed by atoms with Gasteiger partial charge in [-0.15, -0.1) is 0 Å². The lowest BCUT2D eigenvalue weighted by molar-refractivity contribution is -0.126. The van der Waals surface area contributed by atoms with Crippen LogP contribution >= 0.6 is 0 Å². The number of fused-ring (bicyclic) bond motifs is 1. The number of carbonyl (C=O) groups excluding carboxylic acids is 1. The largest absolute Gasteiger partial charge is 0.342 e. The number of nitrogens with two attached hydrogens (primary N) is 1. The number of imidazole rings is 1. The first-order chi connectivity index (χ1) is 8.47. The molecule has 96 valence electrons. The van der Waals surface area contributed by atoms with Gasteiger partial charge in [0.15, 0.2) is 0 Å². The van der Waals surface area contributed by atoms with Crippen LogP contribution in [0, 0.1) is 6.92 Å². The van der Waals surface area contributed by atoms with Crippen molar-refractivity contribution >= 4 is 16.9 Å². The molecule has 1 heterocycles. The maximum Gasteiger partial charge on any atom is 0.255 e. The molecule has 1 amide bonds. The van der Waals surface area contributed by atoms with Gasteiger partial charge in [-0.2, -0.15) is 0 Å². The molecule has 1 atom stereocenters. The van der Waals surface area contributed by atoms with Crippen LogP contribution in [0.15, 0.2) is 18.2 Å². The van der Waals surface area contributed by atoms with Crippen molar-refractivity contribution in [2.45, 2.75) is 13.0 Å². The number of rotatable bonds is 3. The highest BCUT2D eigenvalue weighted by Gasteiger charge is 2.16. The van der Waals surface area contributed by atoms with E-state index in [1.165, 1.54) is 0 Å². The number of hydrogen-bond acceptors (Lipinski definition) is 4. The lowest BCUT2D eigenvalue weighted by atomic mass is 10.1. The third-order valence-corrected chi connectivity index (χ3v) is 2.60. The molecular formula is C12H17N5O. The summed E-state index contributed by atoms with van der Waals surface area (Å²) in [5, 5.41) is 1.57. The SMILES string of the molecule is Cc1nc2ccc(C(N)C(=O)NN(C)C)cc2[nH]1. The van der Waals surface area contributed by atoms with Crippen molar-refractivity contribution < 1.29 is 4.79 Å². The number of benzene rings is 1. The van der Waals surface area contributed by atoms with E-state index in [0.29, 0.717) is 0 Å². The van der Waals surface area contributed by atoms with Gasteiger partial charge in [-0.3, -0.25) is 10.2 Å². The van der Waals surface area contributed by atoms with Crippen molar-refractivity contribution in [3.63, 3.8) is 0 Å². The molecule has 6 nitrogen and oxygen atoms in total. The Labute approximate surface area is 105 Å². The molecule has 0 aliphatic rings. The molecule has 2 rings (SSSR count). The fraction of sp³-hybridized carbons (Fsp3) is 0.333. The average Bonchev–Trinajstić information content (AvgIpc) is 2.65. The number of carbonyl (C=O) groups is 1. The molecule has 2 aromatic rings. The van der Waals surface area contributed by atoms with Gasteiger partial charge in [-0.1, -0.05) is 6.07 Å². The van der Waals surface area contributed by atoms with Crippen molar-refractivity contribution in [2.24, 2.45) is 5.73 Å². The van der Waals surface area contributed by atoms with Gasteiger partial charge in [0.1, 0.15) is 11.9 Å². The predicted molar refractivity (Wildman–Crippen MR) is 69.6 cm³/mol. The summed E-state index contributed by atoms with van der Waals surface area (Å²) < 4.78 is 0. The number of nitrogens with zero attached hydrogens (tertiary/aromatic N) is 2. The summed E-state index contributed by atoms with van der Waals surface area (Å²) in [6, 6.07) is 4.84. The van der Waals surface area contributed by atoms with E-state index < -0.39 is 6.04 Å². The zero-order chi connectivity index (χ0) is 13.3. The topological polar surface area (TPSA) is 87.0 Å².